The normalized spacial score (nSPS) is 13.2. The van der Waals surface area contributed by atoms with Gasteiger partial charge >= 0.3 is 0 Å². The predicted octanol–water partition coefficient (Wildman–Crippen LogP) is 23.4. The third-order valence-electron chi connectivity index (χ3n) is 15.6. The molecule has 0 aliphatic carbocycles. The van der Waals surface area contributed by atoms with Gasteiger partial charge in [0.2, 0.25) is 5.91 Å². The molecule has 77 heavy (non-hydrogen) atoms. The number of unbranched alkanes of at least 4 members (excludes halogenated alkanes) is 44. The monoisotopic (exact) mass is 1070 g/mol. The number of amides is 1. The fraction of sp³-hybridized carbons (Fsp3) is 0.795. The van der Waals surface area contributed by atoms with Gasteiger partial charge in [-0.2, -0.15) is 0 Å². The summed E-state index contributed by atoms with van der Waals surface area (Å²) in [5.41, 5.74) is 0. The molecule has 448 valence electrons. The Balaban J connectivity index is 3.49. The largest absolute Gasteiger partial charge is 0.394 e. The zero-order valence-corrected chi connectivity index (χ0v) is 51.7. The van der Waals surface area contributed by atoms with Crippen molar-refractivity contribution in [2.75, 3.05) is 6.61 Å². The summed E-state index contributed by atoms with van der Waals surface area (Å²) in [6.07, 6.45) is 99.6. The van der Waals surface area contributed by atoms with Crippen LogP contribution in [0.4, 0.5) is 0 Å². The highest BCUT2D eigenvalue weighted by Gasteiger charge is 2.18. The highest BCUT2D eigenvalue weighted by Crippen LogP contribution is 2.18. The molecule has 0 fully saturated rings. The molecule has 3 N–H and O–H groups in total. The van der Waals surface area contributed by atoms with Gasteiger partial charge in [-0.1, -0.05) is 349 Å². The lowest BCUT2D eigenvalue weighted by molar-refractivity contribution is -0.123. The number of carbonyl (C=O) groups is 1. The van der Waals surface area contributed by atoms with Gasteiger partial charge in [-0.25, -0.2) is 0 Å². The zero-order chi connectivity index (χ0) is 55.5. The Bertz CT molecular complexity index is 1360. The van der Waals surface area contributed by atoms with Crippen LogP contribution in [0.3, 0.4) is 0 Å². The Hall–Kier alpha value is -2.43. The van der Waals surface area contributed by atoms with Crippen molar-refractivity contribution >= 4 is 5.91 Å². The highest BCUT2D eigenvalue weighted by atomic mass is 16.3. The molecule has 0 heterocycles. The average molecular weight is 1070 g/mol. The molecule has 0 aliphatic rings. The first-order chi connectivity index (χ1) is 38.2. The first-order valence-corrected chi connectivity index (χ1v) is 34.3. The molecule has 0 aromatic heterocycles. The van der Waals surface area contributed by atoms with Crippen molar-refractivity contribution in [2.45, 2.75) is 366 Å². The maximum atomic E-state index is 12.5. The Kier molecular flexibility index (Phi) is 65.7. The average Bonchev–Trinajstić information content (AvgIpc) is 3.43. The van der Waals surface area contributed by atoms with Crippen molar-refractivity contribution in [1.29, 1.82) is 0 Å². The fourth-order valence-electron chi connectivity index (χ4n) is 10.4. The molecule has 4 heteroatoms. The van der Waals surface area contributed by atoms with E-state index >= 15 is 0 Å². The van der Waals surface area contributed by atoms with Crippen LogP contribution in [0.5, 0.6) is 0 Å². The van der Waals surface area contributed by atoms with E-state index in [2.05, 4.69) is 92.1 Å². The molecule has 4 nitrogen and oxygen atoms in total. The van der Waals surface area contributed by atoms with Gasteiger partial charge in [0, 0.05) is 6.42 Å². The SMILES string of the molecule is CC/C=C\C/C=C\C/C=C\C/C=C\CCCCCCCCCCCCCCCCCCCCCCCCC(=O)NC(CO)C(O)/C=C/CC/C=C/CC/C=C/CCCCCCCCCCCCCCCCCCCCCC. The third-order valence-corrected chi connectivity index (χ3v) is 15.6. The second-order valence-corrected chi connectivity index (χ2v) is 23.2. The van der Waals surface area contributed by atoms with E-state index in [-0.39, 0.29) is 12.5 Å². The minimum absolute atomic E-state index is 0.0735. The fourth-order valence-corrected chi connectivity index (χ4v) is 10.4. The van der Waals surface area contributed by atoms with Gasteiger partial charge < -0.3 is 15.5 Å². The van der Waals surface area contributed by atoms with Gasteiger partial charge in [0.1, 0.15) is 0 Å². The maximum Gasteiger partial charge on any atom is 0.220 e. The van der Waals surface area contributed by atoms with Crippen molar-refractivity contribution in [2.24, 2.45) is 0 Å². The summed E-state index contributed by atoms with van der Waals surface area (Å²) in [6, 6.07) is -0.649. The van der Waals surface area contributed by atoms with E-state index in [0.717, 1.165) is 64.2 Å². The first kappa shape index (κ1) is 74.6. The molecule has 0 saturated carbocycles. The lowest BCUT2D eigenvalue weighted by atomic mass is 10.0. The maximum absolute atomic E-state index is 12.5. The van der Waals surface area contributed by atoms with E-state index in [1.165, 1.54) is 270 Å². The Labute approximate surface area is 481 Å². The number of carbonyl (C=O) groups excluding carboxylic acids is 1. The van der Waals surface area contributed by atoms with E-state index < -0.39 is 12.1 Å². The predicted molar refractivity (Wildman–Crippen MR) is 345 cm³/mol. The van der Waals surface area contributed by atoms with Crippen LogP contribution in [0, 0.1) is 0 Å². The quantitative estimate of drug-likeness (QED) is 0.0420. The summed E-state index contributed by atoms with van der Waals surface area (Å²) in [7, 11) is 0. The van der Waals surface area contributed by atoms with Crippen LogP contribution >= 0.6 is 0 Å². The van der Waals surface area contributed by atoms with E-state index in [4.69, 9.17) is 0 Å². The van der Waals surface area contributed by atoms with E-state index in [1.54, 1.807) is 6.08 Å². The standard InChI is InChI=1S/C73H133NO3/c1-3-5-7-9-11-13-15-17-19-21-23-25-27-29-31-33-35-36-37-38-39-41-43-45-47-49-51-53-55-57-59-61-63-65-67-69-73(77)74-71(70-75)72(76)68-66-64-62-60-58-56-54-52-50-48-46-44-42-40-34-32-30-28-26-24-22-20-18-16-14-12-10-8-6-4-2/h5,7,11,13,17,19,23,25,50,52,58,60,66,68,71-72,75-76H,3-4,6,8-10,12,14-16,18,20-22,24,26-49,51,53-57,59,61-65,67,69-70H2,1-2H3,(H,74,77)/b7-5-,13-11-,19-17-,25-23-,52-50+,60-58+,68-66+. The van der Waals surface area contributed by atoms with Crippen LogP contribution in [0.25, 0.3) is 0 Å². The van der Waals surface area contributed by atoms with Gasteiger partial charge in [0.05, 0.1) is 18.8 Å². The molecule has 0 aromatic carbocycles. The molecule has 2 atom stereocenters. The summed E-state index contributed by atoms with van der Waals surface area (Å²) in [4.78, 5) is 12.5. The van der Waals surface area contributed by atoms with Crippen molar-refractivity contribution in [3.05, 3.63) is 85.1 Å². The molecular weight excluding hydrogens is 939 g/mol. The minimum atomic E-state index is -0.874. The molecule has 1 amide bonds. The number of allylic oxidation sites excluding steroid dienone is 13. The van der Waals surface area contributed by atoms with Gasteiger partial charge in [-0.15, -0.1) is 0 Å². The molecule has 0 spiro atoms. The number of aliphatic hydroxyl groups is 2. The lowest BCUT2D eigenvalue weighted by Gasteiger charge is -2.19. The summed E-state index contributed by atoms with van der Waals surface area (Å²) in [5.74, 6) is -0.0735. The molecular formula is C73H133NO3. The van der Waals surface area contributed by atoms with Crippen molar-refractivity contribution in [3.8, 4) is 0 Å². The van der Waals surface area contributed by atoms with Crippen molar-refractivity contribution < 1.29 is 15.0 Å². The summed E-state index contributed by atoms with van der Waals surface area (Å²) < 4.78 is 0. The summed E-state index contributed by atoms with van der Waals surface area (Å²) in [5, 5.41) is 23.3. The minimum Gasteiger partial charge on any atom is -0.394 e. The first-order valence-electron chi connectivity index (χ1n) is 34.3. The van der Waals surface area contributed by atoms with E-state index in [0.29, 0.717) is 6.42 Å². The topological polar surface area (TPSA) is 69.6 Å². The van der Waals surface area contributed by atoms with Gasteiger partial charge in [-0.05, 0) is 83.5 Å². The second kappa shape index (κ2) is 67.8. The number of rotatable bonds is 63. The van der Waals surface area contributed by atoms with Crippen LogP contribution in [0.15, 0.2) is 85.1 Å². The van der Waals surface area contributed by atoms with Gasteiger partial charge in [0.25, 0.3) is 0 Å². The number of aliphatic hydroxyl groups excluding tert-OH is 2. The number of hydrogen-bond donors (Lipinski definition) is 3. The molecule has 0 aliphatic heterocycles. The molecule has 0 bridgehead atoms. The zero-order valence-electron chi connectivity index (χ0n) is 51.7. The summed E-state index contributed by atoms with van der Waals surface area (Å²) in [6.45, 7) is 4.21. The van der Waals surface area contributed by atoms with Crippen molar-refractivity contribution in [1.82, 2.24) is 5.32 Å². The lowest BCUT2D eigenvalue weighted by Crippen LogP contribution is -2.45. The van der Waals surface area contributed by atoms with E-state index in [1.807, 2.05) is 6.08 Å². The smallest absolute Gasteiger partial charge is 0.220 e. The molecule has 0 saturated heterocycles. The van der Waals surface area contributed by atoms with Crippen molar-refractivity contribution in [3.63, 3.8) is 0 Å². The van der Waals surface area contributed by atoms with Crippen LogP contribution in [0.2, 0.25) is 0 Å². The molecule has 0 radical (unpaired) electrons. The second-order valence-electron chi connectivity index (χ2n) is 23.2. The third kappa shape index (κ3) is 64.3. The van der Waals surface area contributed by atoms with Crippen LogP contribution in [-0.4, -0.2) is 34.9 Å². The van der Waals surface area contributed by atoms with Crippen LogP contribution in [-0.2, 0) is 4.79 Å². The Morgan fingerprint density at radius 2 is 0.584 bits per heavy atom. The molecule has 2 unspecified atom stereocenters. The van der Waals surface area contributed by atoms with Gasteiger partial charge in [-0.3, -0.25) is 4.79 Å². The Morgan fingerprint density at radius 3 is 0.909 bits per heavy atom. The number of nitrogens with one attached hydrogen (secondary N) is 1. The molecule has 0 rings (SSSR count). The Morgan fingerprint density at radius 1 is 0.325 bits per heavy atom. The molecule has 0 aromatic rings. The van der Waals surface area contributed by atoms with E-state index in [9.17, 15) is 15.0 Å². The summed E-state index contributed by atoms with van der Waals surface area (Å²) >= 11 is 0. The highest BCUT2D eigenvalue weighted by molar-refractivity contribution is 5.76. The van der Waals surface area contributed by atoms with Gasteiger partial charge in [0.15, 0.2) is 0 Å². The van der Waals surface area contributed by atoms with Crippen LogP contribution < -0.4 is 5.32 Å². The number of hydrogen-bond acceptors (Lipinski definition) is 3. The van der Waals surface area contributed by atoms with Crippen LogP contribution in [0.1, 0.15) is 354 Å².